The van der Waals surface area contributed by atoms with Gasteiger partial charge in [-0.25, -0.2) is 8.42 Å². The van der Waals surface area contributed by atoms with E-state index < -0.39 is 10.0 Å². The number of hydrogen-bond acceptors (Lipinski definition) is 4. The molecule has 0 radical (unpaired) electrons. The van der Waals surface area contributed by atoms with Gasteiger partial charge in [0, 0.05) is 25.3 Å². The summed E-state index contributed by atoms with van der Waals surface area (Å²) in [7, 11) is -3.57. The van der Waals surface area contributed by atoms with Crippen LogP contribution in [0, 0.1) is 0 Å². The molecule has 0 spiro atoms. The van der Waals surface area contributed by atoms with Gasteiger partial charge in [-0.05, 0) is 38.8 Å². The first-order valence-electron chi connectivity index (χ1n) is 7.18. The van der Waals surface area contributed by atoms with Crippen molar-refractivity contribution < 1.29 is 17.9 Å². The van der Waals surface area contributed by atoms with Crippen LogP contribution in [-0.2, 0) is 14.8 Å². The van der Waals surface area contributed by atoms with Crippen LogP contribution in [0.1, 0.15) is 37.0 Å². The van der Waals surface area contributed by atoms with Crippen LogP contribution >= 0.6 is 0 Å². The maximum atomic E-state index is 12.7. The van der Waals surface area contributed by atoms with E-state index in [1.54, 1.807) is 12.1 Å². The lowest BCUT2D eigenvalue weighted by molar-refractivity contribution is 0.0265. The molecule has 1 unspecified atom stereocenters. The van der Waals surface area contributed by atoms with Crippen molar-refractivity contribution in [2.24, 2.45) is 0 Å². The second kappa shape index (κ2) is 6.68. The maximum absolute atomic E-state index is 12.7. The third-order valence-electron chi connectivity index (χ3n) is 3.62. The summed E-state index contributed by atoms with van der Waals surface area (Å²) >= 11 is 0. The van der Waals surface area contributed by atoms with Gasteiger partial charge in [-0.3, -0.25) is 4.79 Å². The molecule has 0 aliphatic carbocycles. The van der Waals surface area contributed by atoms with Crippen molar-refractivity contribution in [3.8, 4) is 0 Å². The van der Waals surface area contributed by atoms with E-state index in [1.807, 2.05) is 6.92 Å². The highest BCUT2D eigenvalue weighted by molar-refractivity contribution is 7.89. The summed E-state index contributed by atoms with van der Waals surface area (Å²) < 4.78 is 32.3. The summed E-state index contributed by atoms with van der Waals surface area (Å²) in [5.74, 6) is -0.141. The smallest absolute Gasteiger partial charge is 0.243 e. The summed E-state index contributed by atoms with van der Waals surface area (Å²) in [6.07, 6.45) is 1.62. The minimum atomic E-state index is -3.57. The number of ketones is 1. The monoisotopic (exact) mass is 311 g/mol. The zero-order valence-electron chi connectivity index (χ0n) is 12.4. The predicted molar refractivity (Wildman–Crippen MR) is 79.9 cm³/mol. The summed E-state index contributed by atoms with van der Waals surface area (Å²) in [6, 6.07) is 6.21. The number of sulfonamides is 1. The molecular formula is C15H21NO4S. The molecule has 1 aliphatic rings. The third kappa shape index (κ3) is 3.70. The standard InChI is InChI=1S/C15H21NO4S/c1-3-20-14-7-5-9-16(11-14)21(18,19)15-8-4-6-13(10-15)12(2)17/h4,6,8,10,14H,3,5,7,9,11H2,1-2H3. The molecule has 0 saturated carbocycles. The number of rotatable bonds is 5. The Morgan fingerprint density at radius 3 is 2.86 bits per heavy atom. The Kier molecular flexibility index (Phi) is 5.13. The average Bonchev–Trinajstić information content (AvgIpc) is 2.48. The van der Waals surface area contributed by atoms with Crippen LogP contribution in [0.5, 0.6) is 0 Å². The molecule has 5 nitrogen and oxygen atoms in total. The van der Waals surface area contributed by atoms with E-state index >= 15 is 0 Å². The fourth-order valence-corrected chi connectivity index (χ4v) is 4.08. The van der Waals surface area contributed by atoms with E-state index in [9.17, 15) is 13.2 Å². The molecule has 0 aromatic heterocycles. The van der Waals surface area contributed by atoms with Crippen LogP contribution in [0.3, 0.4) is 0 Å². The van der Waals surface area contributed by atoms with E-state index in [0.717, 1.165) is 12.8 Å². The minimum Gasteiger partial charge on any atom is -0.377 e. The van der Waals surface area contributed by atoms with Crippen LogP contribution in [0.4, 0.5) is 0 Å². The molecule has 0 amide bonds. The van der Waals surface area contributed by atoms with Crippen molar-refractivity contribution in [2.75, 3.05) is 19.7 Å². The van der Waals surface area contributed by atoms with Crippen molar-refractivity contribution >= 4 is 15.8 Å². The molecule has 1 saturated heterocycles. The first kappa shape index (κ1) is 16.1. The lowest BCUT2D eigenvalue weighted by Crippen LogP contribution is -2.43. The summed E-state index contributed by atoms with van der Waals surface area (Å²) in [5.41, 5.74) is 0.412. The van der Waals surface area contributed by atoms with Gasteiger partial charge in [0.1, 0.15) is 0 Å². The fraction of sp³-hybridized carbons (Fsp3) is 0.533. The van der Waals surface area contributed by atoms with Crippen LogP contribution in [-0.4, -0.2) is 44.3 Å². The number of benzene rings is 1. The summed E-state index contributed by atoms with van der Waals surface area (Å²) in [5, 5.41) is 0. The van der Waals surface area contributed by atoms with Gasteiger partial charge in [-0.15, -0.1) is 0 Å². The topological polar surface area (TPSA) is 63.7 Å². The van der Waals surface area contributed by atoms with Gasteiger partial charge in [0.2, 0.25) is 10.0 Å². The van der Waals surface area contributed by atoms with Gasteiger partial charge in [0.15, 0.2) is 5.78 Å². The SMILES string of the molecule is CCOC1CCCN(S(=O)(=O)c2cccc(C(C)=O)c2)C1. The van der Waals surface area contributed by atoms with Crippen LogP contribution in [0.15, 0.2) is 29.2 Å². The molecular weight excluding hydrogens is 290 g/mol. The van der Waals surface area contributed by atoms with Crippen molar-refractivity contribution in [3.05, 3.63) is 29.8 Å². The third-order valence-corrected chi connectivity index (χ3v) is 5.48. The number of carbonyl (C=O) groups excluding carboxylic acids is 1. The Hall–Kier alpha value is -1.24. The average molecular weight is 311 g/mol. The number of piperidine rings is 1. The van der Waals surface area contributed by atoms with Gasteiger partial charge in [-0.1, -0.05) is 12.1 Å². The number of hydrogen-bond donors (Lipinski definition) is 0. The van der Waals surface area contributed by atoms with Gasteiger partial charge >= 0.3 is 0 Å². The van der Waals surface area contributed by atoms with E-state index in [4.69, 9.17) is 4.74 Å². The highest BCUT2D eigenvalue weighted by atomic mass is 32.2. The molecule has 2 rings (SSSR count). The summed E-state index contributed by atoms with van der Waals surface area (Å²) in [6.45, 7) is 4.79. The van der Waals surface area contributed by atoms with Crippen molar-refractivity contribution in [2.45, 2.75) is 37.7 Å². The van der Waals surface area contributed by atoms with Crippen molar-refractivity contribution in [1.82, 2.24) is 4.31 Å². The zero-order chi connectivity index (χ0) is 15.5. The number of Topliss-reactive ketones (excluding diaryl/α,β-unsaturated/α-hetero) is 1. The molecule has 0 N–H and O–H groups in total. The normalized spacial score (nSPS) is 20.4. The lowest BCUT2D eigenvalue weighted by atomic mass is 10.1. The first-order chi connectivity index (χ1) is 9.95. The first-order valence-corrected chi connectivity index (χ1v) is 8.62. The quantitative estimate of drug-likeness (QED) is 0.781. The van der Waals surface area contributed by atoms with Crippen molar-refractivity contribution in [1.29, 1.82) is 0 Å². The molecule has 1 fully saturated rings. The second-order valence-corrected chi connectivity index (χ2v) is 7.10. The van der Waals surface area contributed by atoms with Gasteiger partial charge in [-0.2, -0.15) is 4.31 Å². The molecule has 21 heavy (non-hydrogen) atoms. The molecule has 1 atom stereocenters. The van der Waals surface area contributed by atoms with E-state index in [1.165, 1.54) is 23.4 Å². The zero-order valence-corrected chi connectivity index (χ0v) is 13.2. The Labute approximate surface area is 126 Å². The van der Waals surface area contributed by atoms with Crippen LogP contribution in [0.2, 0.25) is 0 Å². The fourth-order valence-electron chi connectivity index (χ4n) is 2.52. The van der Waals surface area contributed by atoms with E-state index in [-0.39, 0.29) is 16.8 Å². The molecule has 0 bridgehead atoms. The molecule has 1 aromatic carbocycles. The minimum absolute atomic E-state index is 0.0467. The Morgan fingerprint density at radius 1 is 1.43 bits per heavy atom. The van der Waals surface area contributed by atoms with Crippen molar-refractivity contribution in [3.63, 3.8) is 0 Å². The van der Waals surface area contributed by atoms with Crippen LogP contribution < -0.4 is 0 Å². The van der Waals surface area contributed by atoms with E-state index in [2.05, 4.69) is 0 Å². The van der Waals surface area contributed by atoms with E-state index in [0.29, 0.717) is 25.3 Å². The molecule has 116 valence electrons. The number of ether oxygens (including phenoxy) is 1. The number of nitrogens with zero attached hydrogens (tertiary/aromatic N) is 1. The Balaban J connectivity index is 2.25. The molecule has 1 aliphatic heterocycles. The Bertz CT molecular complexity index is 610. The second-order valence-electron chi connectivity index (χ2n) is 5.17. The predicted octanol–water partition coefficient (Wildman–Crippen LogP) is 2.08. The summed E-state index contributed by atoms with van der Waals surface area (Å²) in [4.78, 5) is 11.6. The highest BCUT2D eigenvalue weighted by Gasteiger charge is 2.30. The lowest BCUT2D eigenvalue weighted by Gasteiger charge is -2.31. The maximum Gasteiger partial charge on any atom is 0.243 e. The van der Waals surface area contributed by atoms with Gasteiger partial charge in [0.05, 0.1) is 11.0 Å². The largest absolute Gasteiger partial charge is 0.377 e. The Morgan fingerprint density at radius 2 is 2.19 bits per heavy atom. The molecule has 1 aromatic rings. The van der Waals surface area contributed by atoms with Gasteiger partial charge < -0.3 is 4.74 Å². The van der Waals surface area contributed by atoms with Gasteiger partial charge in [0.25, 0.3) is 0 Å². The van der Waals surface area contributed by atoms with Crippen LogP contribution in [0.25, 0.3) is 0 Å². The number of carbonyl (C=O) groups is 1. The molecule has 1 heterocycles. The highest BCUT2D eigenvalue weighted by Crippen LogP contribution is 2.22. The molecule has 6 heteroatoms.